The predicted molar refractivity (Wildman–Crippen MR) is 253 cm³/mol. The molecular formula is C52H70N8. The summed E-state index contributed by atoms with van der Waals surface area (Å²) < 4.78 is 0. The van der Waals surface area contributed by atoms with E-state index in [1.54, 1.807) is 6.33 Å². The smallest absolute Gasteiger partial charge is 0.130 e. The number of rotatable bonds is 14. The van der Waals surface area contributed by atoms with Crippen molar-refractivity contribution in [1.29, 1.82) is 0 Å². The first-order valence-electron chi connectivity index (χ1n) is 23.1. The number of nitrogens with zero attached hydrogens (tertiary/aromatic N) is 4. The summed E-state index contributed by atoms with van der Waals surface area (Å²) in [6.45, 7) is 25.4. The average Bonchev–Trinajstić information content (AvgIpc) is 4.14. The Morgan fingerprint density at radius 2 is 1.38 bits per heavy atom. The number of H-pyrrole nitrogens is 2. The van der Waals surface area contributed by atoms with E-state index in [0.717, 1.165) is 78.3 Å². The van der Waals surface area contributed by atoms with Crippen molar-refractivity contribution in [3.63, 3.8) is 0 Å². The first kappa shape index (κ1) is 42.9. The molecule has 2 saturated heterocycles. The standard InChI is InChI=1S/C36H40N6.C11H20N2.C5H10/c1-4-23(2)39-35(25-8-5-6-9-25)24(3)42-17-7-10-34(42)36-40-31-16-15-29(20-32(31)41-36)27-11-12-28-19-30(14-13-26(28)18-27)33-21-37-22-38-33;1-4-10(2)12-9-11(3)13-7-5-6-8-13;1-2-4-5-3-1/h11-16,18-22,25,34-35,39H,2-10,17H2,1H3,(H,37,38)(H,40,41);12H,2-9H2,1H3;1-5H2/t34-,35+;;/m0../s1. The summed E-state index contributed by atoms with van der Waals surface area (Å²) in [6.07, 6.45) is 23.0. The zero-order valence-corrected chi connectivity index (χ0v) is 36.6. The molecule has 0 amide bonds. The third-order valence-corrected chi connectivity index (χ3v) is 13.2. The van der Waals surface area contributed by atoms with Crippen LogP contribution < -0.4 is 10.6 Å². The molecule has 0 bridgehead atoms. The number of allylic oxidation sites excluding steroid dienone is 2. The van der Waals surface area contributed by atoms with E-state index in [1.165, 1.54) is 117 Å². The molecule has 4 aliphatic rings. The lowest BCUT2D eigenvalue weighted by atomic mass is 9.94. The molecule has 2 aliphatic carbocycles. The molecule has 3 aromatic carbocycles. The number of aromatic amines is 2. The van der Waals surface area contributed by atoms with Gasteiger partial charge < -0.3 is 30.4 Å². The number of nitrogens with one attached hydrogen (secondary N) is 4. The van der Waals surface area contributed by atoms with Crippen molar-refractivity contribution in [3.8, 4) is 22.4 Å². The van der Waals surface area contributed by atoms with Crippen LogP contribution in [0.25, 0.3) is 44.2 Å². The fourth-order valence-electron chi connectivity index (χ4n) is 9.41. The van der Waals surface area contributed by atoms with Gasteiger partial charge in [-0.1, -0.05) is 115 Å². The van der Waals surface area contributed by atoms with E-state index in [2.05, 4.69) is 130 Å². The maximum Gasteiger partial charge on any atom is 0.130 e. The highest BCUT2D eigenvalue weighted by Crippen LogP contribution is 2.39. The van der Waals surface area contributed by atoms with Gasteiger partial charge in [-0.3, -0.25) is 0 Å². The van der Waals surface area contributed by atoms with Crippen molar-refractivity contribution < 1.29 is 0 Å². The normalized spacial score (nSPS) is 18.2. The van der Waals surface area contributed by atoms with Gasteiger partial charge in [-0.15, -0.1) is 0 Å². The molecule has 0 unspecified atom stereocenters. The molecule has 2 aliphatic heterocycles. The number of hydrogen-bond acceptors (Lipinski definition) is 6. The third-order valence-electron chi connectivity index (χ3n) is 13.2. The fourth-order valence-corrected chi connectivity index (χ4v) is 9.41. The molecule has 8 heteroatoms. The van der Waals surface area contributed by atoms with Crippen LogP contribution in [0.15, 0.2) is 116 Å². The molecule has 4 fully saturated rings. The van der Waals surface area contributed by atoms with Crippen LogP contribution in [0.3, 0.4) is 0 Å². The number of benzene rings is 3. The highest BCUT2D eigenvalue weighted by atomic mass is 15.2. The van der Waals surface area contributed by atoms with Gasteiger partial charge in [-0.2, -0.15) is 0 Å². The van der Waals surface area contributed by atoms with E-state index in [-0.39, 0.29) is 12.1 Å². The second-order valence-electron chi connectivity index (χ2n) is 17.4. The number of fused-ring (bicyclic) bond motifs is 2. The van der Waals surface area contributed by atoms with Gasteiger partial charge in [-0.05, 0) is 103 Å². The molecule has 318 valence electrons. The van der Waals surface area contributed by atoms with Gasteiger partial charge in [0.15, 0.2) is 0 Å². The van der Waals surface area contributed by atoms with E-state index < -0.39 is 0 Å². The van der Waals surface area contributed by atoms with Crippen LogP contribution in [0.1, 0.15) is 122 Å². The number of imidazole rings is 2. The molecule has 2 aromatic heterocycles. The first-order chi connectivity index (χ1) is 29.3. The van der Waals surface area contributed by atoms with Crippen LogP contribution in [-0.2, 0) is 0 Å². The molecule has 0 spiro atoms. The van der Waals surface area contributed by atoms with Gasteiger partial charge in [0.2, 0.25) is 0 Å². The van der Waals surface area contributed by atoms with Crippen LogP contribution in [0.4, 0.5) is 0 Å². The second kappa shape index (κ2) is 20.8. The zero-order chi connectivity index (χ0) is 41.8. The van der Waals surface area contributed by atoms with E-state index in [0.29, 0.717) is 5.92 Å². The van der Waals surface area contributed by atoms with Gasteiger partial charge in [0.05, 0.1) is 47.9 Å². The summed E-state index contributed by atoms with van der Waals surface area (Å²) in [4.78, 5) is 21.0. The Morgan fingerprint density at radius 1 is 0.733 bits per heavy atom. The van der Waals surface area contributed by atoms with Crippen LogP contribution in [0.2, 0.25) is 0 Å². The van der Waals surface area contributed by atoms with Crippen molar-refractivity contribution in [3.05, 3.63) is 122 Å². The average molecular weight is 807 g/mol. The minimum atomic E-state index is 0.221. The molecule has 2 atom stereocenters. The molecule has 9 rings (SSSR count). The Morgan fingerprint density at radius 3 is 2.05 bits per heavy atom. The maximum absolute atomic E-state index is 5.10. The topological polar surface area (TPSA) is 87.9 Å². The van der Waals surface area contributed by atoms with Crippen LogP contribution in [0.5, 0.6) is 0 Å². The molecule has 5 aromatic rings. The van der Waals surface area contributed by atoms with Crippen molar-refractivity contribution in [2.45, 2.75) is 122 Å². The summed E-state index contributed by atoms with van der Waals surface area (Å²) in [6, 6.07) is 20.3. The van der Waals surface area contributed by atoms with Crippen molar-refractivity contribution in [2.75, 3.05) is 26.2 Å². The predicted octanol–water partition coefficient (Wildman–Crippen LogP) is 12.6. The van der Waals surface area contributed by atoms with Crippen molar-refractivity contribution in [1.82, 2.24) is 40.4 Å². The van der Waals surface area contributed by atoms with Crippen LogP contribution in [0, 0.1) is 5.92 Å². The van der Waals surface area contributed by atoms with Gasteiger partial charge in [0.25, 0.3) is 0 Å². The summed E-state index contributed by atoms with van der Waals surface area (Å²) in [5.41, 5.74) is 11.3. The third kappa shape index (κ3) is 10.7. The monoisotopic (exact) mass is 807 g/mol. The van der Waals surface area contributed by atoms with E-state index in [4.69, 9.17) is 4.98 Å². The van der Waals surface area contributed by atoms with Crippen LogP contribution >= 0.6 is 0 Å². The fraction of sp³-hybridized carbons (Fsp3) is 0.462. The molecule has 8 nitrogen and oxygen atoms in total. The number of hydrogen-bond donors (Lipinski definition) is 4. The first-order valence-corrected chi connectivity index (χ1v) is 23.1. The lowest BCUT2D eigenvalue weighted by Crippen LogP contribution is -2.42. The molecule has 4 N–H and O–H groups in total. The molecule has 60 heavy (non-hydrogen) atoms. The van der Waals surface area contributed by atoms with Crippen LogP contribution in [-0.4, -0.2) is 62.0 Å². The Hall–Kier alpha value is -5.24. The Bertz CT molecular complexity index is 2190. The molecule has 4 heterocycles. The largest absolute Gasteiger partial charge is 0.383 e. The van der Waals surface area contributed by atoms with E-state index in [1.807, 2.05) is 6.20 Å². The highest BCUT2D eigenvalue weighted by Gasteiger charge is 2.36. The number of likely N-dealkylation sites (tertiary alicyclic amines) is 2. The maximum atomic E-state index is 5.10. The molecular weight excluding hydrogens is 737 g/mol. The number of aromatic nitrogens is 4. The van der Waals surface area contributed by atoms with Crippen molar-refractivity contribution >= 4 is 21.8 Å². The van der Waals surface area contributed by atoms with Gasteiger partial charge in [0, 0.05) is 48.0 Å². The quantitative estimate of drug-likeness (QED) is 0.0894. The van der Waals surface area contributed by atoms with E-state index in [9.17, 15) is 0 Å². The Kier molecular flexibility index (Phi) is 14.9. The summed E-state index contributed by atoms with van der Waals surface area (Å²) in [5, 5.41) is 9.47. The molecule has 2 saturated carbocycles. The summed E-state index contributed by atoms with van der Waals surface area (Å²) in [7, 11) is 0. The van der Waals surface area contributed by atoms with Crippen molar-refractivity contribution in [2.24, 2.45) is 5.92 Å². The second-order valence-corrected chi connectivity index (χ2v) is 17.4. The SMILES string of the molecule is C1CCCC1.C=C(CC)NCC(=C)N1CCCC1.C=C(CC)N[C@H](C(=C)N1CCC[C@H]1c1nc2ccc(-c3ccc4cc(-c5cnc[nH]5)ccc4c3)cc2[nH]1)C1CCCC1. The van der Waals surface area contributed by atoms with Gasteiger partial charge in [-0.25, -0.2) is 9.97 Å². The lowest BCUT2D eigenvalue weighted by Gasteiger charge is -2.36. The van der Waals surface area contributed by atoms with Gasteiger partial charge in [0.1, 0.15) is 5.82 Å². The summed E-state index contributed by atoms with van der Waals surface area (Å²) >= 11 is 0. The summed E-state index contributed by atoms with van der Waals surface area (Å²) in [5.74, 6) is 1.67. The minimum absolute atomic E-state index is 0.221. The minimum Gasteiger partial charge on any atom is -0.383 e. The zero-order valence-electron chi connectivity index (χ0n) is 36.6. The Labute approximate surface area is 359 Å². The van der Waals surface area contributed by atoms with E-state index >= 15 is 0 Å². The Balaban J connectivity index is 0.000000250. The lowest BCUT2D eigenvalue weighted by molar-refractivity contribution is 0.261. The highest BCUT2D eigenvalue weighted by molar-refractivity contribution is 5.91. The molecule has 0 radical (unpaired) electrons. The van der Waals surface area contributed by atoms with Gasteiger partial charge >= 0.3 is 0 Å².